The molecule has 0 fully saturated rings. The van der Waals surface area contributed by atoms with Gasteiger partial charge in [-0.25, -0.2) is 10.8 Å². The molecule has 0 radical (unpaired) electrons. The Morgan fingerprint density at radius 3 is 2.71 bits per heavy atom. The van der Waals surface area contributed by atoms with Gasteiger partial charge < -0.3 is 10.1 Å². The number of nitrogens with one attached hydrogen (secondary N) is 2. The molecule has 2 aromatic carbocycles. The van der Waals surface area contributed by atoms with Crippen molar-refractivity contribution >= 4 is 38.3 Å². The van der Waals surface area contributed by atoms with E-state index in [-0.39, 0.29) is 6.04 Å². The van der Waals surface area contributed by atoms with Crippen molar-refractivity contribution in [3.63, 3.8) is 0 Å². The molecule has 0 saturated carbocycles. The fraction of sp³-hybridized carbons (Fsp3) is 0.267. The number of benzene rings is 2. The molecular weight excluding hydrogens is 332 g/mol. The number of ether oxygens (including phenoxy) is 1. The summed E-state index contributed by atoms with van der Waals surface area (Å²) >= 11 is 3.47. The third-order valence-corrected chi connectivity index (χ3v) is 3.45. The van der Waals surface area contributed by atoms with Gasteiger partial charge >= 0.3 is 0 Å². The second kappa shape index (κ2) is 7.40. The topological polar surface area (TPSA) is 71.7 Å². The summed E-state index contributed by atoms with van der Waals surface area (Å²) in [4.78, 5) is 4.41. The largest absolute Gasteiger partial charge is 0.382 e. The predicted octanol–water partition coefficient (Wildman–Crippen LogP) is 2.87. The van der Waals surface area contributed by atoms with Crippen LogP contribution in [0.1, 0.15) is 6.92 Å². The summed E-state index contributed by atoms with van der Waals surface area (Å²) in [6.45, 7) is 2.50. The van der Waals surface area contributed by atoms with E-state index in [0.29, 0.717) is 12.6 Å². The maximum atomic E-state index is 5.51. The lowest BCUT2D eigenvalue weighted by Crippen LogP contribution is -2.37. The van der Waals surface area contributed by atoms with Gasteiger partial charge in [-0.05, 0) is 42.0 Å². The van der Waals surface area contributed by atoms with Crippen LogP contribution in [0.4, 0.5) is 5.69 Å². The minimum atomic E-state index is 0.0185. The number of fused-ring (bicyclic) bond motifs is 1. The molecule has 0 amide bonds. The molecule has 112 valence electrons. The molecule has 4 N–H and O–H groups in total. The van der Waals surface area contributed by atoms with Crippen LogP contribution >= 0.6 is 15.9 Å². The van der Waals surface area contributed by atoms with Gasteiger partial charge in [0.15, 0.2) is 0 Å². The Labute approximate surface area is 132 Å². The molecule has 1 unspecified atom stereocenters. The smallest absolute Gasteiger partial charge is 0.210 e. The predicted molar refractivity (Wildman–Crippen MR) is 91.4 cm³/mol. The van der Waals surface area contributed by atoms with Crippen molar-refractivity contribution in [2.75, 3.05) is 19.0 Å². The summed E-state index contributed by atoms with van der Waals surface area (Å²) in [5, 5.41) is 5.48. The first-order valence-electron chi connectivity index (χ1n) is 6.62. The highest BCUT2D eigenvalue weighted by molar-refractivity contribution is 9.10. The second-order valence-corrected chi connectivity index (χ2v) is 5.67. The Morgan fingerprint density at radius 1 is 1.29 bits per heavy atom. The van der Waals surface area contributed by atoms with E-state index in [1.54, 1.807) is 7.11 Å². The van der Waals surface area contributed by atoms with Gasteiger partial charge in [0.1, 0.15) is 0 Å². The Morgan fingerprint density at radius 2 is 2.00 bits per heavy atom. The van der Waals surface area contributed by atoms with Crippen molar-refractivity contribution in [3.05, 3.63) is 40.9 Å². The molecule has 0 aromatic heterocycles. The third-order valence-electron chi connectivity index (χ3n) is 2.96. The number of hydrazine groups is 1. The number of hydrogen-bond acceptors (Lipinski definition) is 3. The Kier molecular flexibility index (Phi) is 5.55. The van der Waals surface area contributed by atoms with E-state index in [0.717, 1.165) is 15.5 Å². The highest BCUT2D eigenvalue weighted by atomic mass is 79.9. The monoisotopic (exact) mass is 350 g/mol. The van der Waals surface area contributed by atoms with Crippen molar-refractivity contribution in [3.8, 4) is 0 Å². The molecular formula is C15H19BrN4O. The Hall–Kier alpha value is -1.63. The lowest BCUT2D eigenvalue weighted by molar-refractivity contribution is 0.185. The standard InChI is InChI=1S/C15H19BrN4O/c1-10(9-21-2)18-15(20-17)19-14-6-4-11-7-13(16)5-3-12(11)8-14/h3-8,10H,9,17H2,1-2H3,(H2,18,19,20). The zero-order valence-corrected chi connectivity index (χ0v) is 13.6. The van der Waals surface area contributed by atoms with Crippen LogP contribution < -0.4 is 16.6 Å². The molecule has 0 aliphatic rings. The molecule has 2 aromatic rings. The molecule has 0 aliphatic carbocycles. The molecule has 0 saturated heterocycles. The van der Waals surface area contributed by atoms with Crippen molar-refractivity contribution in [2.24, 2.45) is 10.8 Å². The summed E-state index contributed by atoms with van der Waals surface area (Å²) in [6.07, 6.45) is 0. The SMILES string of the molecule is COCC(C)N=C(NN)Nc1ccc2cc(Br)ccc2c1. The maximum absolute atomic E-state index is 5.51. The van der Waals surface area contributed by atoms with Crippen LogP contribution in [0, 0.1) is 0 Å². The van der Waals surface area contributed by atoms with Gasteiger partial charge in [-0.15, -0.1) is 0 Å². The van der Waals surface area contributed by atoms with Crippen LogP contribution in [0.3, 0.4) is 0 Å². The summed E-state index contributed by atoms with van der Waals surface area (Å²) < 4.78 is 6.12. The lowest BCUT2D eigenvalue weighted by atomic mass is 10.1. The quantitative estimate of drug-likeness (QED) is 0.343. The van der Waals surface area contributed by atoms with Gasteiger partial charge in [0.2, 0.25) is 5.96 Å². The molecule has 0 bridgehead atoms. The molecule has 5 nitrogen and oxygen atoms in total. The number of aliphatic imine (C=N–C) groups is 1. The van der Waals surface area contributed by atoms with Crippen LogP contribution in [0.2, 0.25) is 0 Å². The first kappa shape index (κ1) is 15.8. The number of rotatable bonds is 4. The Balaban J connectivity index is 2.19. The fourth-order valence-corrected chi connectivity index (χ4v) is 2.41. The summed E-state index contributed by atoms with van der Waals surface area (Å²) in [5.74, 6) is 6.02. The number of methoxy groups -OCH3 is 1. The minimum Gasteiger partial charge on any atom is -0.382 e. The molecule has 2 rings (SSSR count). The Bertz CT molecular complexity index is 645. The number of nitrogens with two attached hydrogens (primary N) is 1. The number of anilines is 1. The normalized spacial score (nSPS) is 13.2. The number of guanidine groups is 1. The fourth-order valence-electron chi connectivity index (χ4n) is 2.04. The third kappa shape index (κ3) is 4.42. The first-order valence-corrected chi connectivity index (χ1v) is 7.41. The zero-order valence-electron chi connectivity index (χ0n) is 12.1. The van der Waals surface area contributed by atoms with Crippen LogP contribution in [0.25, 0.3) is 10.8 Å². The van der Waals surface area contributed by atoms with E-state index >= 15 is 0 Å². The molecule has 1 atom stereocenters. The molecule has 0 heterocycles. The number of nitrogens with zero attached hydrogens (tertiary/aromatic N) is 1. The minimum absolute atomic E-state index is 0.0185. The van der Waals surface area contributed by atoms with Crippen molar-refractivity contribution in [1.29, 1.82) is 0 Å². The molecule has 6 heteroatoms. The van der Waals surface area contributed by atoms with Crippen LogP contribution in [0.15, 0.2) is 45.9 Å². The van der Waals surface area contributed by atoms with Gasteiger partial charge in [-0.2, -0.15) is 0 Å². The molecule has 0 spiro atoms. The van der Waals surface area contributed by atoms with Gasteiger partial charge in [0.25, 0.3) is 0 Å². The number of hydrogen-bond donors (Lipinski definition) is 3. The first-order chi connectivity index (χ1) is 10.1. The van der Waals surface area contributed by atoms with E-state index in [4.69, 9.17) is 10.6 Å². The van der Waals surface area contributed by atoms with Crippen molar-refractivity contribution in [2.45, 2.75) is 13.0 Å². The average Bonchev–Trinajstić information content (AvgIpc) is 2.47. The van der Waals surface area contributed by atoms with E-state index < -0.39 is 0 Å². The zero-order chi connectivity index (χ0) is 15.2. The van der Waals surface area contributed by atoms with Crippen molar-refractivity contribution in [1.82, 2.24) is 5.43 Å². The van der Waals surface area contributed by atoms with E-state index in [9.17, 15) is 0 Å². The van der Waals surface area contributed by atoms with E-state index in [1.807, 2.05) is 19.1 Å². The lowest BCUT2D eigenvalue weighted by Gasteiger charge is -2.12. The highest BCUT2D eigenvalue weighted by Crippen LogP contribution is 2.22. The average molecular weight is 351 g/mol. The van der Waals surface area contributed by atoms with Crippen LogP contribution in [-0.4, -0.2) is 25.7 Å². The van der Waals surface area contributed by atoms with Crippen LogP contribution in [-0.2, 0) is 4.74 Å². The summed E-state index contributed by atoms with van der Waals surface area (Å²) in [6, 6.07) is 12.3. The van der Waals surface area contributed by atoms with Crippen molar-refractivity contribution < 1.29 is 4.74 Å². The van der Waals surface area contributed by atoms with Gasteiger partial charge in [-0.3, -0.25) is 5.43 Å². The second-order valence-electron chi connectivity index (χ2n) is 4.76. The maximum Gasteiger partial charge on any atom is 0.210 e. The van der Waals surface area contributed by atoms with Crippen LogP contribution in [0.5, 0.6) is 0 Å². The highest BCUT2D eigenvalue weighted by Gasteiger charge is 2.04. The van der Waals surface area contributed by atoms with E-state index in [2.05, 4.69) is 55.9 Å². The molecule has 0 aliphatic heterocycles. The summed E-state index contributed by atoms with van der Waals surface area (Å²) in [5.41, 5.74) is 3.50. The number of halogens is 1. The van der Waals surface area contributed by atoms with Gasteiger partial charge in [-0.1, -0.05) is 28.1 Å². The van der Waals surface area contributed by atoms with Gasteiger partial charge in [0, 0.05) is 17.3 Å². The summed E-state index contributed by atoms with van der Waals surface area (Å²) in [7, 11) is 1.65. The van der Waals surface area contributed by atoms with E-state index in [1.165, 1.54) is 5.39 Å². The van der Waals surface area contributed by atoms with Gasteiger partial charge in [0.05, 0.1) is 12.6 Å². The molecule has 21 heavy (non-hydrogen) atoms.